The minimum atomic E-state index is -0.309. The largest absolute Gasteiger partial charge is 0.350 e. The molecule has 0 bridgehead atoms. The lowest BCUT2D eigenvalue weighted by molar-refractivity contribution is 0.0973. The van der Waals surface area contributed by atoms with Gasteiger partial charge in [-0.15, -0.1) is 0 Å². The Bertz CT molecular complexity index is 441. The van der Waals surface area contributed by atoms with Crippen LogP contribution in [0.1, 0.15) is 24.2 Å². The third kappa shape index (κ3) is 4.12. The van der Waals surface area contributed by atoms with Crippen molar-refractivity contribution in [1.29, 1.82) is 0 Å². The van der Waals surface area contributed by atoms with Crippen molar-refractivity contribution in [1.82, 2.24) is 10.2 Å². The zero-order chi connectivity index (χ0) is 13.7. The van der Waals surface area contributed by atoms with Crippen molar-refractivity contribution >= 4 is 46.4 Å². The molecule has 6 heteroatoms. The lowest BCUT2D eigenvalue weighted by Gasteiger charge is -2.21. The van der Waals surface area contributed by atoms with Gasteiger partial charge < -0.3 is 4.90 Å². The van der Waals surface area contributed by atoms with Crippen LogP contribution in [0.25, 0.3) is 0 Å². The molecule has 0 heterocycles. The van der Waals surface area contributed by atoms with E-state index < -0.39 is 0 Å². The highest BCUT2D eigenvalue weighted by Gasteiger charge is 2.12. The highest BCUT2D eigenvalue weighted by Crippen LogP contribution is 2.18. The maximum Gasteiger partial charge on any atom is 0.257 e. The SMILES string of the molecule is CCN(CC)C(=S)NC(=O)c1cc(Cl)cc(Cl)c1. The van der Waals surface area contributed by atoms with Crippen LogP contribution in [0.2, 0.25) is 10.0 Å². The quantitative estimate of drug-likeness (QED) is 0.869. The molecule has 0 aromatic heterocycles. The molecule has 0 fully saturated rings. The number of nitrogens with zero attached hydrogens (tertiary/aromatic N) is 1. The molecule has 1 aromatic carbocycles. The zero-order valence-corrected chi connectivity index (χ0v) is 12.5. The summed E-state index contributed by atoms with van der Waals surface area (Å²) in [4.78, 5) is 13.8. The van der Waals surface area contributed by atoms with Crippen molar-refractivity contribution < 1.29 is 4.79 Å². The van der Waals surface area contributed by atoms with Crippen LogP contribution in [0, 0.1) is 0 Å². The lowest BCUT2D eigenvalue weighted by atomic mass is 10.2. The van der Waals surface area contributed by atoms with E-state index in [1.54, 1.807) is 18.2 Å². The number of carbonyl (C=O) groups is 1. The summed E-state index contributed by atoms with van der Waals surface area (Å²) in [6, 6.07) is 4.67. The first kappa shape index (κ1) is 15.2. The van der Waals surface area contributed by atoms with Crippen molar-refractivity contribution in [2.45, 2.75) is 13.8 Å². The second-order valence-electron chi connectivity index (χ2n) is 3.59. The average molecular weight is 305 g/mol. The molecule has 1 aromatic rings. The Balaban J connectivity index is 2.79. The monoisotopic (exact) mass is 304 g/mol. The number of benzene rings is 1. The van der Waals surface area contributed by atoms with Gasteiger partial charge in [0.15, 0.2) is 5.11 Å². The van der Waals surface area contributed by atoms with E-state index in [1.807, 2.05) is 18.7 Å². The lowest BCUT2D eigenvalue weighted by Crippen LogP contribution is -2.42. The Morgan fingerprint density at radius 3 is 2.17 bits per heavy atom. The number of carbonyl (C=O) groups excluding carboxylic acids is 1. The van der Waals surface area contributed by atoms with E-state index in [0.717, 1.165) is 13.1 Å². The fourth-order valence-electron chi connectivity index (χ4n) is 1.44. The molecule has 1 amide bonds. The van der Waals surface area contributed by atoms with Gasteiger partial charge in [0, 0.05) is 28.7 Å². The topological polar surface area (TPSA) is 32.3 Å². The first-order chi connectivity index (χ1) is 8.47. The third-order valence-electron chi connectivity index (χ3n) is 2.40. The Labute approximate surface area is 122 Å². The number of halogens is 2. The normalized spacial score (nSPS) is 10.0. The highest BCUT2D eigenvalue weighted by atomic mass is 35.5. The number of thiocarbonyl (C=S) groups is 1. The van der Waals surface area contributed by atoms with Gasteiger partial charge in [-0.05, 0) is 44.3 Å². The van der Waals surface area contributed by atoms with Gasteiger partial charge in [0.05, 0.1) is 0 Å². The zero-order valence-electron chi connectivity index (χ0n) is 10.2. The fourth-order valence-corrected chi connectivity index (χ4v) is 2.32. The number of hydrogen-bond donors (Lipinski definition) is 1. The highest BCUT2D eigenvalue weighted by molar-refractivity contribution is 7.80. The predicted octanol–water partition coefficient (Wildman–Crippen LogP) is 3.35. The number of hydrogen-bond acceptors (Lipinski definition) is 2. The first-order valence-corrected chi connectivity index (χ1v) is 6.70. The number of amides is 1. The fraction of sp³-hybridized carbons (Fsp3) is 0.333. The minimum Gasteiger partial charge on any atom is -0.350 e. The van der Waals surface area contributed by atoms with Crippen LogP contribution in [-0.4, -0.2) is 29.0 Å². The second-order valence-corrected chi connectivity index (χ2v) is 4.85. The molecule has 0 saturated heterocycles. The van der Waals surface area contributed by atoms with Gasteiger partial charge in [0.25, 0.3) is 5.91 Å². The Morgan fingerprint density at radius 1 is 1.22 bits per heavy atom. The van der Waals surface area contributed by atoms with Crippen LogP contribution in [0.3, 0.4) is 0 Å². The Hall–Kier alpha value is -0.840. The summed E-state index contributed by atoms with van der Waals surface area (Å²) < 4.78 is 0. The van der Waals surface area contributed by atoms with E-state index in [9.17, 15) is 4.79 Å². The maximum atomic E-state index is 12.0. The van der Waals surface area contributed by atoms with Crippen molar-refractivity contribution in [3.8, 4) is 0 Å². The molecule has 98 valence electrons. The molecule has 1 rings (SSSR count). The van der Waals surface area contributed by atoms with E-state index in [1.165, 1.54) is 0 Å². The molecular formula is C12H14Cl2N2OS. The van der Waals surface area contributed by atoms with Gasteiger partial charge in [-0.3, -0.25) is 10.1 Å². The summed E-state index contributed by atoms with van der Waals surface area (Å²) in [6.07, 6.45) is 0. The van der Waals surface area contributed by atoms with Gasteiger partial charge in [0.2, 0.25) is 0 Å². The summed E-state index contributed by atoms with van der Waals surface area (Å²) in [5, 5.41) is 3.89. The van der Waals surface area contributed by atoms with Crippen LogP contribution >= 0.6 is 35.4 Å². The average Bonchev–Trinajstić information content (AvgIpc) is 2.29. The van der Waals surface area contributed by atoms with Crippen LogP contribution < -0.4 is 5.32 Å². The van der Waals surface area contributed by atoms with Gasteiger partial charge in [-0.2, -0.15) is 0 Å². The van der Waals surface area contributed by atoms with Gasteiger partial charge in [-0.25, -0.2) is 0 Å². The Morgan fingerprint density at radius 2 is 1.72 bits per heavy atom. The summed E-state index contributed by atoms with van der Waals surface area (Å²) >= 11 is 16.8. The predicted molar refractivity (Wildman–Crippen MR) is 79.4 cm³/mol. The third-order valence-corrected chi connectivity index (χ3v) is 3.19. The minimum absolute atomic E-state index is 0.309. The maximum absolute atomic E-state index is 12.0. The number of rotatable bonds is 3. The van der Waals surface area contributed by atoms with E-state index >= 15 is 0 Å². The molecule has 0 atom stereocenters. The molecule has 3 nitrogen and oxygen atoms in total. The number of nitrogens with one attached hydrogen (secondary N) is 1. The van der Waals surface area contributed by atoms with Gasteiger partial charge >= 0.3 is 0 Å². The van der Waals surface area contributed by atoms with E-state index in [0.29, 0.717) is 20.7 Å². The molecule has 0 aliphatic rings. The molecule has 0 radical (unpaired) electrons. The van der Waals surface area contributed by atoms with Gasteiger partial charge in [0.1, 0.15) is 0 Å². The molecule has 1 N–H and O–H groups in total. The molecule has 18 heavy (non-hydrogen) atoms. The molecule has 0 aliphatic heterocycles. The van der Waals surface area contributed by atoms with Crippen LogP contribution in [-0.2, 0) is 0 Å². The van der Waals surface area contributed by atoms with Crippen molar-refractivity contribution in [2.24, 2.45) is 0 Å². The summed E-state index contributed by atoms with van der Waals surface area (Å²) in [6.45, 7) is 5.42. The standard InChI is InChI=1S/C12H14Cl2N2OS/c1-3-16(4-2)12(18)15-11(17)8-5-9(13)7-10(14)6-8/h5-7H,3-4H2,1-2H3,(H,15,17,18). The summed E-state index contributed by atoms with van der Waals surface area (Å²) in [5.74, 6) is -0.309. The molecule has 0 unspecified atom stereocenters. The van der Waals surface area contributed by atoms with Gasteiger partial charge in [-0.1, -0.05) is 23.2 Å². The molecule has 0 spiro atoms. The van der Waals surface area contributed by atoms with Crippen LogP contribution in [0.4, 0.5) is 0 Å². The molecule has 0 saturated carbocycles. The van der Waals surface area contributed by atoms with E-state index in [4.69, 9.17) is 35.4 Å². The van der Waals surface area contributed by atoms with Crippen LogP contribution in [0.5, 0.6) is 0 Å². The first-order valence-electron chi connectivity index (χ1n) is 5.54. The van der Waals surface area contributed by atoms with Crippen LogP contribution in [0.15, 0.2) is 18.2 Å². The summed E-state index contributed by atoms with van der Waals surface area (Å²) in [7, 11) is 0. The Kier molecular flexibility index (Phi) is 5.85. The van der Waals surface area contributed by atoms with Crippen molar-refractivity contribution in [3.63, 3.8) is 0 Å². The smallest absolute Gasteiger partial charge is 0.257 e. The second kappa shape index (κ2) is 6.92. The van der Waals surface area contributed by atoms with E-state index in [-0.39, 0.29) is 5.91 Å². The summed E-state index contributed by atoms with van der Waals surface area (Å²) in [5.41, 5.74) is 0.391. The van der Waals surface area contributed by atoms with Crippen molar-refractivity contribution in [2.75, 3.05) is 13.1 Å². The molecule has 0 aliphatic carbocycles. The van der Waals surface area contributed by atoms with E-state index in [2.05, 4.69) is 5.32 Å². The molecular weight excluding hydrogens is 291 g/mol. The van der Waals surface area contributed by atoms with Crippen molar-refractivity contribution in [3.05, 3.63) is 33.8 Å².